The Morgan fingerprint density at radius 3 is 2.62 bits per heavy atom. The number of piperazine rings is 1. The van der Waals surface area contributed by atoms with Gasteiger partial charge in [0, 0.05) is 43.8 Å². The third-order valence-electron chi connectivity index (χ3n) is 4.59. The summed E-state index contributed by atoms with van der Waals surface area (Å²) in [4.78, 5) is 17.0. The van der Waals surface area contributed by atoms with E-state index < -0.39 is 0 Å². The van der Waals surface area contributed by atoms with Gasteiger partial charge in [0.25, 0.3) is 0 Å². The van der Waals surface area contributed by atoms with Gasteiger partial charge in [0.1, 0.15) is 5.76 Å². The molecule has 0 saturated carbocycles. The lowest BCUT2D eigenvalue weighted by Gasteiger charge is -2.37. The van der Waals surface area contributed by atoms with E-state index in [1.54, 1.807) is 18.2 Å². The Hall–Kier alpha value is -1.60. The lowest BCUT2D eigenvalue weighted by Crippen LogP contribution is -2.52. The molecule has 0 spiro atoms. The summed E-state index contributed by atoms with van der Waals surface area (Å²) in [5, 5.41) is 7.90. The molecule has 0 aliphatic carbocycles. The number of hydrogen-bond donors (Lipinski definition) is 1. The highest BCUT2D eigenvalue weighted by atomic mass is 35.5. The molecule has 1 aromatic carbocycles. The van der Waals surface area contributed by atoms with Gasteiger partial charge in [-0.05, 0) is 32.0 Å². The second kappa shape index (κ2) is 8.39. The number of aromatic nitrogens is 1. The van der Waals surface area contributed by atoms with E-state index in [1.807, 2.05) is 19.9 Å². The van der Waals surface area contributed by atoms with E-state index in [9.17, 15) is 4.79 Å². The molecule has 0 bridgehead atoms. The number of hydrogen-bond acceptors (Lipinski definition) is 5. The maximum Gasteiger partial charge on any atom is 0.241 e. The van der Waals surface area contributed by atoms with Gasteiger partial charge in [0.2, 0.25) is 5.91 Å². The Morgan fingerprint density at radius 2 is 2.00 bits per heavy atom. The number of anilines is 1. The van der Waals surface area contributed by atoms with Crippen LogP contribution in [0.3, 0.4) is 0 Å². The maximum atomic E-state index is 12.5. The van der Waals surface area contributed by atoms with Crippen LogP contribution < -0.4 is 5.32 Å². The van der Waals surface area contributed by atoms with Crippen LogP contribution in [0.2, 0.25) is 10.0 Å². The molecular weight excluding hydrogens is 375 g/mol. The van der Waals surface area contributed by atoms with E-state index in [-0.39, 0.29) is 11.9 Å². The van der Waals surface area contributed by atoms with Gasteiger partial charge in [-0.3, -0.25) is 14.6 Å². The fraction of sp³-hybridized carbons (Fsp3) is 0.444. The van der Waals surface area contributed by atoms with Gasteiger partial charge < -0.3 is 9.84 Å². The number of amides is 1. The predicted octanol–water partition coefficient (Wildman–Crippen LogP) is 3.43. The molecule has 1 aliphatic heterocycles. The van der Waals surface area contributed by atoms with Gasteiger partial charge in [-0.2, -0.15) is 0 Å². The molecule has 2 heterocycles. The standard InChI is InChI=1S/C18H22Cl2N4O2/c1-12-9-15(22-26-12)11-23-5-7-24(8-6-23)13(2)18(25)21-17-4-3-14(19)10-16(17)20/h3-4,9-10,13H,5-8,11H2,1-2H3,(H,21,25)/t13-/m1/s1. The lowest BCUT2D eigenvalue weighted by atomic mass is 10.2. The highest BCUT2D eigenvalue weighted by Crippen LogP contribution is 2.25. The first kappa shape index (κ1) is 19.2. The van der Waals surface area contributed by atoms with Crippen LogP contribution >= 0.6 is 23.2 Å². The molecule has 1 aromatic heterocycles. The van der Waals surface area contributed by atoms with Crippen molar-refractivity contribution < 1.29 is 9.32 Å². The Labute approximate surface area is 163 Å². The van der Waals surface area contributed by atoms with Crippen LogP contribution in [0.1, 0.15) is 18.4 Å². The molecule has 1 atom stereocenters. The minimum absolute atomic E-state index is 0.0743. The molecule has 3 rings (SSSR count). The molecular formula is C18H22Cl2N4O2. The smallest absolute Gasteiger partial charge is 0.241 e. The Kier molecular flexibility index (Phi) is 6.19. The van der Waals surface area contributed by atoms with Crippen molar-refractivity contribution in [3.63, 3.8) is 0 Å². The summed E-state index contributed by atoms with van der Waals surface area (Å²) in [5.41, 5.74) is 1.52. The van der Waals surface area contributed by atoms with Gasteiger partial charge >= 0.3 is 0 Å². The zero-order valence-electron chi connectivity index (χ0n) is 14.8. The SMILES string of the molecule is Cc1cc(CN2CCN([C@H](C)C(=O)Nc3ccc(Cl)cc3Cl)CC2)no1. The molecule has 6 nitrogen and oxygen atoms in total. The van der Waals surface area contributed by atoms with E-state index in [1.165, 1.54) is 0 Å². The van der Waals surface area contributed by atoms with Gasteiger partial charge in [-0.1, -0.05) is 28.4 Å². The minimum atomic E-state index is -0.238. The van der Waals surface area contributed by atoms with Crippen molar-refractivity contribution in [2.75, 3.05) is 31.5 Å². The molecule has 1 amide bonds. The average Bonchev–Trinajstić information content (AvgIpc) is 3.02. The highest BCUT2D eigenvalue weighted by molar-refractivity contribution is 6.36. The molecule has 0 radical (unpaired) electrons. The topological polar surface area (TPSA) is 61.6 Å². The number of carbonyl (C=O) groups excluding carboxylic acids is 1. The van der Waals surface area contributed by atoms with E-state index in [2.05, 4.69) is 20.3 Å². The van der Waals surface area contributed by atoms with Crippen molar-refractivity contribution in [3.05, 3.63) is 45.8 Å². The van der Waals surface area contributed by atoms with Crippen molar-refractivity contribution in [1.82, 2.24) is 15.0 Å². The second-order valence-corrected chi connectivity index (χ2v) is 7.37. The number of aryl methyl sites for hydroxylation is 1. The Bertz CT molecular complexity index is 772. The van der Waals surface area contributed by atoms with Crippen molar-refractivity contribution in [2.24, 2.45) is 0 Å². The number of nitrogens with one attached hydrogen (secondary N) is 1. The number of nitrogens with zero attached hydrogens (tertiary/aromatic N) is 3. The van der Waals surface area contributed by atoms with Crippen molar-refractivity contribution in [2.45, 2.75) is 26.4 Å². The molecule has 2 aromatic rings. The molecule has 1 saturated heterocycles. The first-order valence-corrected chi connectivity index (χ1v) is 9.32. The van der Waals surface area contributed by atoms with E-state index in [0.29, 0.717) is 15.7 Å². The number of rotatable bonds is 5. The highest BCUT2D eigenvalue weighted by Gasteiger charge is 2.26. The molecule has 140 valence electrons. The van der Waals surface area contributed by atoms with Crippen LogP contribution in [0.5, 0.6) is 0 Å². The van der Waals surface area contributed by atoms with Crippen LogP contribution in [0.25, 0.3) is 0 Å². The van der Waals surface area contributed by atoms with Crippen LogP contribution in [-0.4, -0.2) is 53.1 Å². The fourth-order valence-corrected chi connectivity index (χ4v) is 3.48. The molecule has 1 aliphatic rings. The van der Waals surface area contributed by atoms with Crippen LogP contribution in [0, 0.1) is 6.92 Å². The Morgan fingerprint density at radius 1 is 1.27 bits per heavy atom. The quantitative estimate of drug-likeness (QED) is 0.838. The number of benzene rings is 1. The van der Waals surface area contributed by atoms with E-state index >= 15 is 0 Å². The number of halogens is 2. The zero-order valence-corrected chi connectivity index (χ0v) is 16.3. The average molecular weight is 397 g/mol. The summed E-state index contributed by atoms with van der Waals surface area (Å²) in [6.07, 6.45) is 0. The fourth-order valence-electron chi connectivity index (χ4n) is 3.02. The van der Waals surface area contributed by atoms with Gasteiger partial charge in [-0.15, -0.1) is 0 Å². The summed E-state index contributed by atoms with van der Waals surface area (Å²) >= 11 is 12.0. The summed E-state index contributed by atoms with van der Waals surface area (Å²) in [7, 11) is 0. The zero-order chi connectivity index (χ0) is 18.7. The van der Waals surface area contributed by atoms with Gasteiger partial charge in [-0.25, -0.2) is 0 Å². The predicted molar refractivity (Wildman–Crippen MR) is 103 cm³/mol. The van der Waals surface area contributed by atoms with Crippen molar-refractivity contribution >= 4 is 34.8 Å². The van der Waals surface area contributed by atoms with Crippen LogP contribution in [0.15, 0.2) is 28.8 Å². The first-order chi connectivity index (χ1) is 12.4. The largest absolute Gasteiger partial charge is 0.361 e. The summed E-state index contributed by atoms with van der Waals surface area (Å²) in [5.74, 6) is 0.750. The lowest BCUT2D eigenvalue weighted by molar-refractivity contribution is -0.121. The van der Waals surface area contributed by atoms with E-state index in [4.69, 9.17) is 27.7 Å². The third kappa shape index (κ3) is 4.76. The maximum absolute atomic E-state index is 12.5. The van der Waals surface area contributed by atoms with Gasteiger partial charge in [0.05, 0.1) is 22.4 Å². The summed E-state index contributed by atoms with van der Waals surface area (Å²) < 4.78 is 5.11. The van der Waals surface area contributed by atoms with Crippen molar-refractivity contribution in [3.8, 4) is 0 Å². The van der Waals surface area contributed by atoms with Gasteiger partial charge in [0.15, 0.2) is 0 Å². The number of carbonyl (C=O) groups is 1. The normalized spacial score (nSPS) is 17.2. The molecule has 1 N–H and O–H groups in total. The Balaban J connectivity index is 1.51. The molecule has 0 unspecified atom stereocenters. The van der Waals surface area contributed by atoms with Crippen LogP contribution in [0.4, 0.5) is 5.69 Å². The first-order valence-electron chi connectivity index (χ1n) is 8.57. The third-order valence-corrected chi connectivity index (χ3v) is 5.13. The summed E-state index contributed by atoms with van der Waals surface area (Å²) in [6.45, 7) is 7.97. The van der Waals surface area contributed by atoms with E-state index in [0.717, 1.165) is 44.2 Å². The second-order valence-electron chi connectivity index (χ2n) is 6.53. The molecule has 8 heteroatoms. The summed E-state index contributed by atoms with van der Waals surface area (Å²) in [6, 6.07) is 6.76. The van der Waals surface area contributed by atoms with Crippen LogP contribution in [-0.2, 0) is 11.3 Å². The monoisotopic (exact) mass is 396 g/mol. The minimum Gasteiger partial charge on any atom is -0.361 e. The molecule has 26 heavy (non-hydrogen) atoms. The van der Waals surface area contributed by atoms with Crippen molar-refractivity contribution in [1.29, 1.82) is 0 Å². The molecule has 1 fully saturated rings.